The minimum Gasteiger partial charge on any atom is -0.299 e. The van der Waals surface area contributed by atoms with Crippen molar-refractivity contribution in [3.8, 4) is 0 Å². The van der Waals surface area contributed by atoms with Crippen molar-refractivity contribution in [2.45, 2.75) is 30.7 Å². The van der Waals surface area contributed by atoms with Crippen LogP contribution in [0.25, 0.3) is 0 Å². The number of para-hydroxylation sites is 1. The molecule has 3 nitrogen and oxygen atoms in total. The van der Waals surface area contributed by atoms with Crippen LogP contribution in [0.5, 0.6) is 0 Å². The van der Waals surface area contributed by atoms with Crippen molar-refractivity contribution in [3.05, 3.63) is 42.0 Å². The Morgan fingerprint density at radius 3 is 3.14 bits per heavy atom. The van der Waals surface area contributed by atoms with E-state index in [4.69, 9.17) is 4.99 Å². The monoisotopic (exact) mass is 290 g/mol. The molecule has 3 heterocycles. The average Bonchev–Trinajstić information content (AvgIpc) is 3.03. The lowest BCUT2D eigenvalue weighted by Crippen LogP contribution is -2.65. The van der Waals surface area contributed by atoms with Crippen LogP contribution >= 0.6 is 0 Å². The molecule has 2 aliphatic carbocycles. The highest BCUT2D eigenvalue weighted by Crippen LogP contribution is 2.66. The van der Waals surface area contributed by atoms with Crippen LogP contribution in [0.15, 0.2) is 41.4 Å². The van der Waals surface area contributed by atoms with E-state index in [9.17, 15) is 4.79 Å². The molecule has 0 radical (unpaired) electrons. The maximum atomic E-state index is 13.0. The Bertz CT molecular complexity index is 794. The standard InChI is InChI=1S/C19H18N2O/c22-15-10-18-7-3-9-21-11-13(15)19(17(18)21)12-4-1-2-5-14(12)20-16(19)6-8-18/h1-5,7,13,17H,6,8-11H2/t13-,17?,18-,19-/m1/s1. The van der Waals surface area contributed by atoms with Crippen molar-refractivity contribution in [1.82, 2.24) is 4.90 Å². The van der Waals surface area contributed by atoms with Gasteiger partial charge in [-0.3, -0.25) is 14.7 Å². The highest BCUT2D eigenvalue weighted by atomic mass is 16.1. The van der Waals surface area contributed by atoms with E-state index in [1.165, 1.54) is 11.3 Å². The molecule has 0 aromatic heterocycles. The Labute approximate surface area is 129 Å². The van der Waals surface area contributed by atoms with Crippen LogP contribution in [0.1, 0.15) is 24.8 Å². The zero-order valence-electron chi connectivity index (χ0n) is 12.5. The number of carbonyl (C=O) groups excluding carboxylic acids is 1. The smallest absolute Gasteiger partial charge is 0.139 e. The molecule has 5 aliphatic rings. The molecule has 0 amide bonds. The molecule has 2 saturated carbocycles. The lowest BCUT2D eigenvalue weighted by atomic mass is 9.47. The number of hydrogen-bond acceptors (Lipinski definition) is 3. The van der Waals surface area contributed by atoms with Crippen molar-refractivity contribution in [2.24, 2.45) is 16.3 Å². The number of ketones is 1. The summed E-state index contributed by atoms with van der Waals surface area (Å²) in [7, 11) is 0. The summed E-state index contributed by atoms with van der Waals surface area (Å²) in [6.07, 6.45) is 7.55. The van der Waals surface area contributed by atoms with Gasteiger partial charge < -0.3 is 0 Å². The third kappa shape index (κ3) is 1.01. The first-order valence-electron chi connectivity index (χ1n) is 8.38. The van der Waals surface area contributed by atoms with Gasteiger partial charge in [-0.1, -0.05) is 30.4 Å². The summed E-state index contributed by atoms with van der Waals surface area (Å²) in [6, 6.07) is 8.99. The highest BCUT2D eigenvalue weighted by molar-refractivity contribution is 6.09. The fourth-order valence-electron chi connectivity index (χ4n) is 6.36. The van der Waals surface area contributed by atoms with Gasteiger partial charge in [0, 0.05) is 42.6 Å². The third-order valence-corrected chi connectivity index (χ3v) is 6.90. The van der Waals surface area contributed by atoms with E-state index in [-0.39, 0.29) is 16.7 Å². The van der Waals surface area contributed by atoms with Crippen molar-refractivity contribution >= 4 is 17.2 Å². The lowest BCUT2D eigenvalue weighted by molar-refractivity contribution is -0.129. The molecule has 3 heteroatoms. The van der Waals surface area contributed by atoms with Crippen LogP contribution in [0, 0.1) is 11.3 Å². The molecule has 4 bridgehead atoms. The number of fused-ring (bicyclic) bond motifs is 1. The number of aliphatic imine (C=N–C) groups is 1. The maximum Gasteiger partial charge on any atom is 0.139 e. The molecule has 22 heavy (non-hydrogen) atoms. The van der Waals surface area contributed by atoms with Crippen LogP contribution in [0.3, 0.4) is 0 Å². The van der Waals surface area contributed by atoms with Gasteiger partial charge in [0.2, 0.25) is 0 Å². The van der Waals surface area contributed by atoms with Gasteiger partial charge in [0.1, 0.15) is 5.78 Å². The molecule has 1 spiro atoms. The van der Waals surface area contributed by atoms with Gasteiger partial charge in [-0.15, -0.1) is 0 Å². The van der Waals surface area contributed by atoms with Crippen molar-refractivity contribution < 1.29 is 4.79 Å². The van der Waals surface area contributed by atoms with Crippen LogP contribution in [-0.2, 0) is 10.2 Å². The Hall–Kier alpha value is -1.74. The number of benzene rings is 1. The number of rotatable bonds is 0. The Balaban J connectivity index is 1.73. The quantitative estimate of drug-likeness (QED) is 0.688. The van der Waals surface area contributed by atoms with Crippen LogP contribution in [0.2, 0.25) is 0 Å². The van der Waals surface area contributed by atoms with E-state index in [0.29, 0.717) is 11.8 Å². The predicted molar refractivity (Wildman–Crippen MR) is 84.5 cm³/mol. The van der Waals surface area contributed by atoms with Gasteiger partial charge in [-0.2, -0.15) is 0 Å². The van der Waals surface area contributed by atoms with E-state index in [2.05, 4.69) is 41.3 Å². The maximum absolute atomic E-state index is 13.0. The summed E-state index contributed by atoms with van der Waals surface area (Å²) in [6.45, 7) is 1.91. The topological polar surface area (TPSA) is 32.7 Å². The Kier molecular flexibility index (Phi) is 1.84. The molecular formula is C19H18N2O. The summed E-state index contributed by atoms with van der Waals surface area (Å²) in [5, 5.41) is 0. The molecule has 6 rings (SSSR count). The number of nitrogens with zero attached hydrogens (tertiary/aromatic N) is 2. The minimum atomic E-state index is -0.116. The summed E-state index contributed by atoms with van der Waals surface area (Å²) >= 11 is 0. The molecule has 4 atom stereocenters. The minimum absolute atomic E-state index is 0.0544. The first kappa shape index (κ1) is 11.8. The largest absolute Gasteiger partial charge is 0.299 e. The predicted octanol–water partition coefficient (Wildman–Crippen LogP) is 2.63. The fraction of sp³-hybridized carbons (Fsp3) is 0.474. The number of Topliss-reactive ketones (excluding diaryl/α,β-unsaturated/α-hetero) is 1. The molecule has 0 N–H and O–H groups in total. The summed E-state index contributed by atoms with van der Waals surface area (Å²) < 4.78 is 0. The molecule has 1 aromatic carbocycles. The fourth-order valence-corrected chi connectivity index (χ4v) is 6.36. The van der Waals surface area contributed by atoms with Gasteiger partial charge >= 0.3 is 0 Å². The summed E-state index contributed by atoms with van der Waals surface area (Å²) in [5.41, 5.74) is 3.68. The van der Waals surface area contributed by atoms with E-state index in [1.807, 2.05) is 0 Å². The first-order chi connectivity index (χ1) is 10.8. The van der Waals surface area contributed by atoms with E-state index in [1.54, 1.807) is 0 Å². The summed E-state index contributed by atoms with van der Waals surface area (Å²) in [4.78, 5) is 20.6. The normalized spacial score (nSPS) is 43.8. The molecule has 3 aliphatic heterocycles. The molecule has 110 valence electrons. The Morgan fingerprint density at radius 1 is 1.27 bits per heavy atom. The highest BCUT2D eigenvalue weighted by Gasteiger charge is 2.72. The van der Waals surface area contributed by atoms with Crippen LogP contribution in [0.4, 0.5) is 5.69 Å². The zero-order valence-corrected chi connectivity index (χ0v) is 12.5. The van der Waals surface area contributed by atoms with Gasteiger partial charge in [-0.25, -0.2) is 0 Å². The summed E-state index contributed by atoms with van der Waals surface area (Å²) in [5.74, 6) is 0.586. The zero-order chi connectivity index (χ0) is 14.5. The van der Waals surface area contributed by atoms with Crippen molar-refractivity contribution in [2.75, 3.05) is 13.1 Å². The number of hydrogen-bond donors (Lipinski definition) is 0. The first-order valence-corrected chi connectivity index (χ1v) is 8.38. The van der Waals surface area contributed by atoms with Crippen LogP contribution < -0.4 is 0 Å². The van der Waals surface area contributed by atoms with Gasteiger partial charge in [-0.05, 0) is 24.5 Å². The van der Waals surface area contributed by atoms with E-state index < -0.39 is 0 Å². The third-order valence-electron chi connectivity index (χ3n) is 6.90. The molecule has 1 unspecified atom stereocenters. The van der Waals surface area contributed by atoms with Gasteiger partial charge in [0.25, 0.3) is 0 Å². The van der Waals surface area contributed by atoms with E-state index in [0.717, 1.165) is 38.0 Å². The lowest BCUT2D eigenvalue weighted by Gasteiger charge is -2.57. The molecule has 3 fully saturated rings. The number of carbonyl (C=O) groups is 1. The SMILES string of the molecule is O=C1C[C@@]23C=CCN4C[C@H]1[C@]1(C(=Nc5ccccc51)CC2)C43. The molecule has 1 aromatic rings. The van der Waals surface area contributed by atoms with E-state index >= 15 is 0 Å². The average molecular weight is 290 g/mol. The second-order valence-electron chi connectivity index (χ2n) is 7.63. The molecular weight excluding hydrogens is 272 g/mol. The molecule has 1 saturated heterocycles. The Morgan fingerprint density at radius 2 is 2.18 bits per heavy atom. The van der Waals surface area contributed by atoms with Gasteiger partial charge in [0.05, 0.1) is 11.1 Å². The van der Waals surface area contributed by atoms with Crippen LogP contribution in [-0.4, -0.2) is 35.5 Å². The van der Waals surface area contributed by atoms with Crippen molar-refractivity contribution in [1.29, 1.82) is 0 Å². The van der Waals surface area contributed by atoms with Gasteiger partial charge in [0.15, 0.2) is 0 Å². The van der Waals surface area contributed by atoms with Crippen molar-refractivity contribution in [3.63, 3.8) is 0 Å². The second kappa shape index (κ2) is 3.43. The second-order valence-corrected chi connectivity index (χ2v) is 7.63.